The summed E-state index contributed by atoms with van der Waals surface area (Å²) < 4.78 is 1.53. The first-order valence-electron chi connectivity index (χ1n) is 6.86. The fraction of sp³-hybridized carbons (Fsp3) is 0.188. The molecule has 0 unspecified atom stereocenters. The molecule has 0 aliphatic carbocycles. The van der Waals surface area contributed by atoms with Crippen molar-refractivity contribution in [2.24, 2.45) is 0 Å². The van der Waals surface area contributed by atoms with Gasteiger partial charge in [0.1, 0.15) is 5.65 Å². The number of fused-ring (bicyclic) bond motifs is 1. The highest BCUT2D eigenvalue weighted by Gasteiger charge is 2.07. The van der Waals surface area contributed by atoms with E-state index >= 15 is 0 Å². The molecule has 106 valence electrons. The Morgan fingerprint density at radius 3 is 2.90 bits per heavy atom. The van der Waals surface area contributed by atoms with Gasteiger partial charge in [0.15, 0.2) is 0 Å². The van der Waals surface area contributed by atoms with Crippen molar-refractivity contribution in [1.29, 1.82) is 0 Å². The average Bonchev–Trinajstić information content (AvgIpc) is 2.53. The summed E-state index contributed by atoms with van der Waals surface area (Å²) >= 11 is 0. The minimum Gasteiger partial charge on any atom is -0.303 e. The molecule has 3 rings (SSSR count). The standard InChI is InChI=1S/C16H16N4O/c1-12(14-6-2-4-8-17-14)18-11-13-10-16(21)20-9-5-3-7-15(20)19-13/h2-10,12,18H,11H2,1H3/t12-/m0/s1. The number of pyridine rings is 2. The van der Waals surface area contributed by atoms with Gasteiger partial charge in [-0.2, -0.15) is 0 Å². The van der Waals surface area contributed by atoms with Crippen LogP contribution in [-0.4, -0.2) is 14.4 Å². The lowest BCUT2D eigenvalue weighted by molar-refractivity contribution is 0.555. The van der Waals surface area contributed by atoms with Gasteiger partial charge in [0.05, 0.1) is 11.4 Å². The van der Waals surface area contributed by atoms with E-state index in [1.165, 1.54) is 4.40 Å². The molecule has 0 spiro atoms. The fourth-order valence-electron chi connectivity index (χ4n) is 2.19. The van der Waals surface area contributed by atoms with Crippen LogP contribution in [0.15, 0.2) is 59.7 Å². The Hall–Kier alpha value is -2.53. The Morgan fingerprint density at radius 2 is 2.10 bits per heavy atom. The third-order valence-corrected chi connectivity index (χ3v) is 3.34. The van der Waals surface area contributed by atoms with E-state index in [9.17, 15) is 4.79 Å². The lowest BCUT2D eigenvalue weighted by Crippen LogP contribution is -2.22. The average molecular weight is 280 g/mol. The summed E-state index contributed by atoms with van der Waals surface area (Å²) in [5.74, 6) is 0. The van der Waals surface area contributed by atoms with Crippen LogP contribution in [0.5, 0.6) is 0 Å². The van der Waals surface area contributed by atoms with Crippen LogP contribution in [0, 0.1) is 0 Å². The van der Waals surface area contributed by atoms with E-state index in [2.05, 4.69) is 15.3 Å². The number of rotatable bonds is 4. The molecule has 0 radical (unpaired) electrons. The van der Waals surface area contributed by atoms with Gasteiger partial charge < -0.3 is 5.32 Å². The van der Waals surface area contributed by atoms with Crippen LogP contribution in [0.1, 0.15) is 24.4 Å². The molecule has 3 aromatic rings. The number of nitrogens with zero attached hydrogens (tertiary/aromatic N) is 3. The van der Waals surface area contributed by atoms with E-state index in [0.717, 1.165) is 11.4 Å². The maximum absolute atomic E-state index is 12.0. The number of hydrogen-bond donors (Lipinski definition) is 1. The monoisotopic (exact) mass is 280 g/mol. The third-order valence-electron chi connectivity index (χ3n) is 3.34. The Morgan fingerprint density at radius 1 is 1.24 bits per heavy atom. The molecule has 0 aliphatic rings. The quantitative estimate of drug-likeness (QED) is 0.793. The van der Waals surface area contributed by atoms with Gasteiger partial charge in [-0.15, -0.1) is 0 Å². The summed E-state index contributed by atoms with van der Waals surface area (Å²) in [7, 11) is 0. The molecule has 21 heavy (non-hydrogen) atoms. The van der Waals surface area contributed by atoms with Gasteiger partial charge in [-0.1, -0.05) is 12.1 Å². The summed E-state index contributed by atoms with van der Waals surface area (Å²) in [6.45, 7) is 2.56. The summed E-state index contributed by atoms with van der Waals surface area (Å²) in [6, 6.07) is 13.0. The number of hydrogen-bond acceptors (Lipinski definition) is 4. The minimum absolute atomic E-state index is 0.0668. The topological polar surface area (TPSA) is 59.3 Å². The fourth-order valence-corrected chi connectivity index (χ4v) is 2.19. The van der Waals surface area contributed by atoms with E-state index in [4.69, 9.17) is 0 Å². The van der Waals surface area contributed by atoms with Gasteiger partial charge >= 0.3 is 0 Å². The molecule has 1 N–H and O–H groups in total. The van der Waals surface area contributed by atoms with Crippen LogP contribution >= 0.6 is 0 Å². The summed E-state index contributed by atoms with van der Waals surface area (Å²) in [4.78, 5) is 20.8. The van der Waals surface area contributed by atoms with E-state index < -0.39 is 0 Å². The lowest BCUT2D eigenvalue weighted by atomic mass is 10.2. The largest absolute Gasteiger partial charge is 0.303 e. The zero-order chi connectivity index (χ0) is 14.7. The molecular formula is C16H16N4O. The second-order valence-corrected chi connectivity index (χ2v) is 4.87. The smallest absolute Gasteiger partial charge is 0.258 e. The first-order valence-corrected chi connectivity index (χ1v) is 6.86. The normalized spacial score (nSPS) is 12.4. The Labute approximate surface area is 122 Å². The highest BCUT2D eigenvalue weighted by molar-refractivity contribution is 5.37. The molecule has 0 fully saturated rings. The molecular weight excluding hydrogens is 264 g/mol. The van der Waals surface area contributed by atoms with Crippen LogP contribution in [0.25, 0.3) is 5.65 Å². The van der Waals surface area contributed by atoms with Crippen LogP contribution in [0.2, 0.25) is 0 Å². The molecule has 5 nitrogen and oxygen atoms in total. The van der Waals surface area contributed by atoms with Crippen molar-refractivity contribution in [1.82, 2.24) is 19.7 Å². The molecule has 3 heterocycles. The molecule has 0 saturated heterocycles. The zero-order valence-electron chi connectivity index (χ0n) is 11.7. The molecule has 5 heteroatoms. The Kier molecular flexibility index (Phi) is 3.75. The molecule has 0 saturated carbocycles. The zero-order valence-corrected chi connectivity index (χ0v) is 11.7. The number of nitrogens with one attached hydrogen (secondary N) is 1. The van der Waals surface area contributed by atoms with Crippen LogP contribution < -0.4 is 10.9 Å². The van der Waals surface area contributed by atoms with E-state index in [1.54, 1.807) is 18.5 Å². The van der Waals surface area contributed by atoms with E-state index in [1.807, 2.05) is 43.3 Å². The van der Waals surface area contributed by atoms with E-state index in [0.29, 0.717) is 12.2 Å². The predicted molar refractivity (Wildman–Crippen MR) is 81.0 cm³/mol. The van der Waals surface area contributed by atoms with Gasteiger partial charge in [-0.05, 0) is 31.2 Å². The maximum atomic E-state index is 12.0. The van der Waals surface area contributed by atoms with Gasteiger partial charge in [-0.25, -0.2) is 4.98 Å². The summed E-state index contributed by atoms with van der Waals surface area (Å²) in [6.07, 6.45) is 3.49. The summed E-state index contributed by atoms with van der Waals surface area (Å²) in [5, 5.41) is 3.33. The van der Waals surface area contributed by atoms with Crippen LogP contribution in [0.3, 0.4) is 0 Å². The van der Waals surface area contributed by atoms with Crippen molar-refractivity contribution in [3.8, 4) is 0 Å². The Balaban J connectivity index is 1.78. The van der Waals surface area contributed by atoms with E-state index in [-0.39, 0.29) is 11.6 Å². The van der Waals surface area contributed by atoms with Crippen molar-refractivity contribution in [3.63, 3.8) is 0 Å². The molecule has 0 aliphatic heterocycles. The second kappa shape index (κ2) is 5.85. The van der Waals surface area contributed by atoms with Crippen molar-refractivity contribution in [2.45, 2.75) is 19.5 Å². The molecule has 0 aromatic carbocycles. The third kappa shape index (κ3) is 2.98. The van der Waals surface area contributed by atoms with Gasteiger partial charge in [0, 0.05) is 31.0 Å². The predicted octanol–water partition coefficient (Wildman–Crippen LogP) is 1.94. The van der Waals surface area contributed by atoms with Gasteiger partial charge in [-0.3, -0.25) is 14.2 Å². The molecule has 0 amide bonds. The summed E-state index contributed by atoms with van der Waals surface area (Å²) in [5.41, 5.74) is 2.29. The molecule has 3 aromatic heterocycles. The lowest BCUT2D eigenvalue weighted by Gasteiger charge is -2.13. The van der Waals surface area contributed by atoms with Crippen LogP contribution in [-0.2, 0) is 6.54 Å². The second-order valence-electron chi connectivity index (χ2n) is 4.87. The number of aromatic nitrogens is 3. The van der Waals surface area contributed by atoms with Gasteiger partial charge in [0.2, 0.25) is 0 Å². The van der Waals surface area contributed by atoms with Crippen LogP contribution in [0.4, 0.5) is 0 Å². The highest BCUT2D eigenvalue weighted by atomic mass is 16.1. The SMILES string of the molecule is C[C@H](NCc1cc(=O)n2ccccc2n1)c1ccccn1. The van der Waals surface area contributed by atoms with Crippen molar-refractivity contribution in [3.05, 3.63) is 76.6 Å². The highest BCUT2D eigenvalue weighted by Crippen LogP contribution is 2.08. The minimum atomic E-state index is -0.0668. The van der Waals surface area contributed by atoms with Crippen molar-refractivity contribution >= 4 is 5.65 Å². The van der Waals surface area contributed by atoms with Crippen molar-refractivity contribution < 1.29 is 0 Å². The maximum Gasteiger partial charge on any atom is 0.258 e. The first-order chi connectivity index (χ1) is 10.2. The Bertz CT molecular complexity index is 798. The molecule has 1 atom stereocenters. The van der Waals surface area contributed by atoms with Gasteiger partial charge in [0.25, 0.3) is 5.56 Å². The molecule has 0 bridgehead atoms. The first kappa shape index (κ1) is 13.5. The van der Waals surface area contributed by atoms with Crippen molar-refractivity contribution in [2.75, 3.05) is 0 Å².